The molecule has 1 fully saturated rings. The van der Waals surface area contributed by atoms with E-state index in [2.05, 4.69) is 32.9 Å². The largest absolute Gasteiger partial charge is 0.0856 e. The fraction of sp³-hybridized carbons (Fsp3) is 0.765. The van der Waals surface area contributed by atoms with Gasteiger partial charge in [-0.05, 0) is 64.2 Å². The van der Waals surface area contributed by atoms with Gasteiger partial charge in [0.05, 0.1) is 0 Å². The second-order valence-corrected chi connectivity index (χ2v) is 5.58. The third-order valence-corrected chi connectivity index (χ3v) is 3.73. The third kappa shape index (κ3) is 7.41. The van der Waals surface area contributed by atoms with E-state index in [0.29, 0.717) is 0 Å². The summed E-state index contributed by atoms with van der Waals surface area (Å²) < 4.78 is 0. The molecule has 98 valence electrons. The zero-order valence-electron chi connectivity index (χ0n) is 12.1. The van der Waals surface area contributed by atoms with E-state index in [-0.39, 0.29) is 0 Å². The van der Waals surface area contributed by atoms with Crippen molar-refractivity contribution in [1.29, 1.82) is 0 Å². The third-order valence-electron chi connectivity index (χ3n) is 3.73. The summed E-state index contributed by atoms with van der Waals surface area (Å²) in [5.74, 6) is 0.858. The summed E-state index contributed by atoms with van der Waals surface area (Å²) in [6.07, 6.45) is 17.1. The summed E-state index contributed by atoms with van der Waals surface area (Å²) in [7, 11) is 0. The summed E-state index contributed by atoms with van der Waals surface area (Å²) in [5.41, 5.74) is 3.31. The van der Waals surface area contributed by atoms with Crippen molar-refractivity contribution in [3.8, 4) is 0 Å². The van der Waals surface area contributed by atoms with Crippen molar-refractivity contribution < 1.29 is 0 Å². The zero-order valence-corrected chi connectivity index (χ0v) is 12.1. The first-order chi connectivity index (χ1) is 8.26. The molecule has 0 spiro atoms. The Morgan fingerprint density at radius 3 is 2.59 bits per heavy atom. The maximum absolute atomic E-state index is 2.55. The monoisotopic (exact) mass is 234 g/mol. The highest BCUT2D eigenvalue weighted by atomic mass is 14.2. The Balaban J connectivity index is 2.11. The van der Waals surface area contributed by atoms with Crippen molar-refractivity contribution in [1.82, 2.24) is 0 Å². The van der Waals surface area contributed by atoms with E-state index in [0.717, 1.165) is 5.92 Å². The van der Waals surface area contributed by atoms with E-state index in [1.54, 1.807) is 11.1 Å². The smallest absolute Gasteiger partial charge is 0.0233 e. The first-order valence-corrected chi connectivity index (χ1v) is 7.61. The van der Waals surface area contributed by atoms with Gasteiger partial charge in [-0.25, -0.2) is 0 Å². The number of rotatable bonds is 9. The Bertz CT molecular complexity index is 251. The normalized spacial score (nSPS) is 17.1. The Hall–Kier alpha value is -0.520. The fourth-order valence-corrected chi connectivity index (χ4v) is 2.26. The van der Waals surface area contributed by atoms with Crippen LogP contribution in [0.2, 0.25) is 0 Å². The average Bonchev–Trinajstić information content (AvgIpc) is 3.14. The first-order valence-electron chi connectivity index (χ1n) is 7.61. The van der Waals surface area contributed by atoms with E-state index in [1.165, 1.54) is 57.8 Å². The molecule has 0 heteroatoms. The molecule has 0 N–H and O–H groups in total. The predicted molar refractivity (Wildman–Crippen MR) is 78.2 cm³/mol. The molecule has 0 radical (unpaired) electrons. The van der Waals surface area contributed by atoms with Crippen molar-refractivity contribution in [3.63, 3.8) is 0 Å². The molecule has 0 aromatic carbocycles. The number of unbranched alkanes of at least 4 members (excludes halogenated alkanes) is 2. The van der Waals surface area contributed by atoms with Crippen LogP contribution in [0.3, 0.4) is 0 Å². The summed E-state index contributed by atoms with van der Waals surface area (Å²) in [6.45, 7) is 6.89. The minimum absolute atomic E-state index is 0.858. The van der Waals surface area contributed by atoms with E-state index in [9.17, 15) is 0 Å². The van der Waals surface area contributed by atoms with Crippen LogP contribution < -0.4 is 0 Å². The Morgan fingerprint density at radius 1 is 1.24 bits per heavy atom. The molecule has 1 saturated carbocycles. The van der Waals surface area contributed by atoms with E-state index in [1.807, 2.05) is 0 Å². The molecule has 17 heavy (non-hydrogen) atoms. The molecule has 0 aliphatic heterocycles. The Labute approximate surface area is 108 Å². The minimum Gasteiger partial charge on any atom is -0.0856 e. The molecule has 0 aromatic rings. The van der Waals surface area contributed by atoms with Crippen molar-refractivity contribution in [2.45, 2.75) is 78.6 Å². The molecular weight excluding hydrogens is 204 g/mol. The molecule has 0 aromatic heterocycles. The van der Waals surface area contributed by atoms with Crippen LogP contribution in [-0.4, -0.2) is 0 Å². The van der Waals surface area contributed by atoms with Gasteiger partial charge in [-0.1, -0.05) is 43.6 Å². The van der Waals surface area contributed by atoms with Gasteiger partial charge in [0.25, 0.3) is 0 Å². The summed E-state index contributed by atoms with van der Waals surface area (Å²) in [4.78, 5) is 0. The molecule has 0 heterocycles. The quantitative estimate of drug-likeness (QED) is 0.337. The molecule has 0 amide bonds. The van der Waals surface area contributed by atoms with Gasteiger partial charge in [0.15, 0.2) is 0 Å². The maximum atomic E-state index is 2.55. The van der Waals surface area contributed by atoms with Crippen LogP contribution >= 0.6 is 0 Å². The van der Waals surface area contributed by atoms with Gasteiger partial charge in [0.1, 0.15) is 0 Å². The lowest BCUT2D eigenvalue weighted by Gasteiger charge is -2.08. The summed E-state index contributed by atoms with van der Waals surface area (Å²) in [5, 5.41) is 0. The lowest BCUT2D eigenvalue weighted by Crippen LogP contribution is -1.94. The number of hydrogen-bond acceptors (Lipinski definition) is 0. The van der Waals surface area contributed by atoms with E-state index < -0.39 is 0 Å². The van der Waals surface area contributed by atoms with Gasteiger partial charge < -0.3 is 0 Å². The van der Waals surface area contributed by atoms with Crippen molar-refractivity contribution in [2.75, 3.05) is 0 Å². The first kappa shape index (κ1) is 14.5. The van der Waals surface area contributed by atoms with Gasteiger partial charge in [-0.2, -0.15) is 0 Å². The Kier molecular flexibility index (Phi) is 7.32. The van der Waals surface area contributed by atoms with Gasteiger partial charge in [-0.15, -0.1) is 0 Å². The highest BCUT2D eigenvalue weighted by Crippen LogP contribution is 2.31. The van der Waals surface area contributed by atoms with Crippen molar-refractivity contribution in [3.05, 3.63) is 23.3 Å². The molecule has 0 bridgehead atoms. The molecule has 1 aliphatic rings. The molecule has 1 aliphatic carbocycles. The van der Waals surface area contributed by atoms with Crippen LogP contribution in [0, 0.1) is 5.92 Å². The molecule has 1 atom stereocenters. The number of hydrogen-bond donors (Lipinski definition) is 0. The van der Waals surface area contributed by atoms with Gasteiger partial charge in [0, 0.05) is 0 Å². The van der Waals surface area contributed by atoms with Crippen LogP contribution in [0.15, 0.2) is 23.3 Å². The predicted octanol–water partition coefficient (Wildman–Crippen LogP) is 6.04. The standard InChI is InChI=1S/C17H30/c1-4-6-9-15(3)10-7-8-11-16(5-2)14-17-12-13-17/h10,14,16H,4-9,11-13H2,1-3H3. The molecule has 1 rings (SSSR count). The van der Waals surface area contributed by atoms with Crippen molar-refractivity contribution >= 4 is 0 Å². The van der Waals surface area contributed by atoms with Gasteiger partial charge in [0.2, 0.25) is 0 Å². The maximum Gasteiger partial charge on any atom is -0.0233 e. The van der Waals surface area contributed by atoms with E-state index >= 15 is 0 Å². The van der Waals surface area contributed by atoms with Crippen LogP contribution in [0.5, 0.6) is 0 Å². The lowest BCUT2D eigenvalue weighted by molar-refractivity contribution is 0.547. The highest BCUT2D eigenvalue weighted by Gasteiger charge is 2.13. The van der Waals surface area contributed by atoms with Crippen molar-refractivity contribution in [2.24, 2.45) is 5.92 Å². The second kappa shape index (κ2) is 8.55. The highest BCUT2D eigenvalue weighted by molar-refractivity contribution is 5.17. The van der Waals surface area contributed by atoms with Gasteiger partial charge in [-0.3, -0.25) is 0 Å². The SMILES string of the molecule is CCCCC(C)=CCCCC(C=C1CC1)CC. The molecule has 1 unspecified atom stereocenters. The topological polar surface area (TPSA) is 0 Å². The fourth-order valence-electron chi connectivity index (χ4n) is 2.26. The van der Waals surface area contributed by atoms with Crippen LogP contribution in [0.1, 0.15) is 78.6 Å². The summed E-state index contributed by atoms with van der Waals surface area (Å²) >= 11 is 0. The van der Waals surface area contributed by atoms with Crippen LogP contribution in [0.4, 0.5) is 0 Å². The number of allylic oxidation sites excluding steroid dienone is 4. The summed E-state index contributed by atoms with van der Waals surface area (Å²) in [6, 6.07) is 0. The lowest BCUT2D eigenvalue weighted by atomic mass is 9.97. The van der Waals surface area contributed by atoms with E-state index in [4.69, 9.17) is 0 Å². The molecule has 0 saturated heterocycles. The van der Waals surface area contributed by atoms with Gasteiger partial charge >= 0.3 is 0 Å². The zero-order chi connectivity index (χ0) is 12.5. The average molecular weight is 234 g/mol. The molecular formula is C17H30. The molecule has 0 nitrogen and oxygen atoms in total. The second-order valence-electron chi connectivity index (χ2n) is 5.58. The van der Waals surface area contributed by atoms with Crippen LogP contribution in [-0.2, 0) is 0 Å². The van der Waals surface area contributed by atoms with Crippen LogP contribution in [0.25, 0.3) is 0 Å². The Morgan fingerprint density at radius 2 is 2.00 bits per heavy atom. The minimum atomic E-state index is 0.858.